The number of pyridine rings is 1. The summed E-state index contributed by atoms with van der Waals surface area (Å²) < 4.78 is 11.8. The van der Waals surface area contributed by atoms with Crippen molar-refractivity contribution >= 4 is 17.7 Å². The van der Waals surface area contributed by atoms with Crippen LogP contribution >= 0.6 is 0 Å². The Kier molecular flexibility index (Phi) is 7.83. The molecule has 0 spiro atoms. The lowest BCUT2D eigenvalue weighted by molar-refractivity contribution is -0.143. The van der Waals surface area contributed by atoms with E-state index in [0.717, 1.165) is 0 Å². The van der Waals surface area contributed by atoms with Crippen molar-refractivity contribution in [3.63, 3.8) is 0 Å². The number of amides is 1. The van der Waals surface area contributed by atoms with Gasteiger partial charge in [0.05, 0.1) is 13.7 Å². The van der Waals surface area contributed by atoms with E-state index in [4.69, 9.17) is 9.47 Å². The third-order valence-electron chi connectivity index (χ3n) is 6.04. The van der Waals surface area contributed by atoms with E-state index in [2.05, 4.69) is 5.32 Å². The number of Topliss-reactive ketones (excluding diaryl/α,β-unsaturated/α-hetero) is 1. The average Bonchev–Trinajstić information content (AvgIpc) is 2.77. The molecule has 8 heteroatoms. The second-order valence-corrected chi connectivity index (χ2v) is 10.1. The largest absolute Gasteiger partial charge is 0.494 e. The van der Waals surface area contributed by atoms with Gasteiger partial charge in [-0.15, -0.1) is 0 Å². The second-order valence-electron chi connectivity index (χ2n) is 10.1. The van der Waals surface area contributed by atoms with Crippen molar-refractivity contribution in [1.29, 1.82) is 0 Å². The summed E-state index contributed by atoms with van der Waals surface area (Å²) >= 11 is 0. The number of carbonyl (C=O) groups excluding carboxylic acids is 3. The van der Waals surface area contributed by atoms with E-state index in [1.807, 2.05) is 34.6 Å². The fraction of sp³-hybridized carbons (Fsp3) is 0.481. The number of rotatable bonds is 8. The van der Waals surface area contributed by atoms with Gasteiger partial charge in [-0.1, -0.05) is 27.7 Å². The van der Waals surface area contributed by atoms with Crippen LogP contribution in [0.3, 0.4) is 0 Å². The molecule has 1 heterocycles. The van der Waals surface area contributed by atoms with E-state index >= 15 is 0 Å². The van der Waals surface area contributed by atoms with Crippen LogP contribution in [-0.2, 0) is 16.0 Å². The number of hydrogen-bond donors (Lipinski definition) is 1. The number of fused-ring (bicyclic) bond motifs is 1. The molecule has 3 rings (SSSR count). The first-order valence-corrected chi connectivity index (χ1v) is 11.9. The molecule has 1 N–H and O–H groups in total. The highest BCUT2D eigenvalue weighted by molar-refractivity contribution is 6.03. The normalized spacial score (nSPS) is 15.3. The zero-order valence-electron chi connectivity index (χ0n) is 21.3. The molecule has 1 aromatic carbocycles. The SMILES string of the molecule is CCOc1ccc(-n2c3c(cc(C(=O)NC(CC(C)C)C(=O)OC)c2=O)C(=O)CC(C)(C)C3)cc1. The Labute approximate surface area is 205 Å². The Balaban J connectivity index is 2.15. The monoisotopic (exact) mass is 482 g/mol. The van der Waals surface area contributed by atoms with Crippen molar-refractivity contribution in [2.45, 2.75) is 59.9 Å². The van der Waals surface area contributed by atoms with Gasteiger partial charge in [0.15, 0.2) is 5.78 Å². The molecule has 0 bridgehead atoms. The molecule has 35 heavy (non-hydrogen) atoms. The van der Waals surface area contributed by atoms with E-state index < -0.39 is 23.5 Å². The van der Waals surface area contributed by atoms with Crippen molar-refractivity contribution in [3.8, 4) is 11.4 Å². The first-order chi connectivity index (χ1) is 16.5. The summed E-state index contributed by atoms with van der Waals surface area (Å²) in [6, 6.07) is 7.43. The molecule has 1 amide bonds. The Hall–Kier alpha value is -3.42. The summed E-state index contributed by atoms with van der Waals surface area (Å²) in [5.74, 6) is -0.678. The molecule has 1 unspecified atom stereocenters. The van der Waals surface area contributed by atoms with Crippen LogP contribution in [0, 0.1) is 11.3 Å². The minimum absolute atomic E-state index is 0.104. The first-order valence-electron chi connectivity index (χ1n) is 11.9. The van der Waals surface area contributed by atoms with E-state index in [-0.39, 0.29) is 22.7 Å². The Morgan fingerprint density at radius 1 is 1.11 bits per heavy atom. The number of aromatic nitrogens is 1. The van der Waals surface area contributed by atoms with Gasteiger partial charge in [-0.25, -0.2) is 4.79 Å². The minimum Gasteiger partial charge on any atom is -0.494 e. The summed E-state index contributed by atoms with van der Waals surface area (Å²) in [6.45, 7) is 10.2. The van der Waals surface area contributed by atoms with E-state index in [1.54, 1.807) is 24.3 Å². The van der Waals surface area contributed by atoms with Crippen LogP contribution in [-0.4, -0.2) is 42.0 Å². The summed E-state index contributed by atoms with van der Waals surface area (Å²) in [6.07, 6.45) is 1.15. The molecule has 2 aromatic rings. The zero-order valence-corrected chi connectivity index (χ0v) is 21.3. The molecule has 0 aliphatic heterocycles. The van der Waals surface area contributed by atoms with Crippen molar-refractivity contribution in [2.75, 3.05) is 13.7 Å². The summed E-state index contributed by atoms with van der Waals surface area (Å²) in [4.78, 5) is 52.3. The molecule has 1 atom stereocenters. The summed E-state index contributed by atoms with van der Waals surface area (Å²) in [5.41, 5.74) is 0.375. The standard InChI is InChI=1S/C27H34N2O6/c1-7-35-18-10-8-17(9-11-18)29-22-14-27(4,5)15-23(30)19(22)13-20(25(29)32)24(31)28-21(12-16(2)3)26(33)34-6/h8-11,13,16,21H,7,12,14-15H2,1-6H3,(H,28,31). The lowest BCUT2D eigenvalue weighted by atomic mass is 9.75. The molecule has 188 valence electrons. The van der Waals surface area contributed by atoms with Crippen LogP contribution in [0.1, 0.15) is 73.9 Å². The van der Waals surface area contributed by atoms with Gasteiger partial charge in [-0.2, -0.15) is 0 Å². The fourth-order valence-corrected chi connectivity index (χ4v) is 4.47. The van der Waals surface area contributed by atoms with Crippen molar-refractivity contribution in [3.05, 3.63) is 57.5 Å². The number of methoxy groups -OCH3 is 1. The maximum Gasteiger partial charge on any atom is 0.328 e. The highest BCUT2D eigenvalue weighted by Gasteiger charge is 2.35. The van der Waals surface area contributed by atoms with Crippen LogP contribution in [0.5, 0.6) is 5.75 Å². The van der Waals surface area contributed by atoms with Crippen LogP contribution in [0.2, 0.25) is 0 Å². The Morgan fingerprint density at radius 3 is 2.34 bits per heavy atom. The molecule has 0 fully saturated rings. The van der Waals surface area contributed by atoms with E-state index in [0.29, 0.717) is 48.6 Å². The first kappa shape index (κ1) is 26.2. The topological polar surface area (TPSA) is 104 Å². The van der Waals surface area contributed by atoms with Crippen molar-refractivity contribution in [1.82, 2.24) is 9.88 Å². The van der Waals surface area contributed by atoms with Crippen LogP contribution in [0.15, 0.2) is 35.1 Å². The zero-order chi connectivity index (χ0) is 25.9. The second kappa shape index (κ2) is 10.5. The van der Waals surface area contributed by atoms with Gasteiger partial charge in [-0.3, -0.25) is 19.0 Å². The smallest absolute Gasteiger partial charge is 0.328 e. The number of ketones is 1. The number of esters is 1. The van der Waals surface area contributed by atoms with Gasteiger partial charge in [0, 0.05) is 23.4 Å². The van der Waals surface area contributed by atoms with Gasteiger partial charge < -0.3 is 14.8 Å². The van der Waals surface area contributed by atoms with Crippen LogP contribution in [0.25, 0.3) is 5.69 Å². The predicted octanol–water partition coefficient (Wildman–Crippen LogP) is 3.71. The number of nitrogens with one attached hydrogen (secondary N) is 1. The molecule has 0 saturated heterocycles. The number of carbonyl (C=O) groups is 3. The third kappa shape index (κ3) is 5.81. The Morgan fingerprint density at radius 2 is 1.77 bits per heavy atom. The lowest BCUT2D eigenvalue weighted by Crippen LogP contribution is -2.45. The quantitative estimate of drug-likeness (QED) is 0.576. The minimum atomic E-state index is -0.906. The van der Waals surface area contributed by atoms with Crippen LogP contribution < -0.4 is 15.6 Å². The van der Waals surface area contributed by atoms with E-state index in [9.17, 15) is 19.2 Å². The van der Waals surface area contributed by atoms with E-state index in [1.165, 1.54) is 17.7 Å². The maximum absolute atomic E-state index is 13.7. The van der Waals surface area contributed by atoms with Crippen molar-refractivity contribution in [2.24, 2.45) is 11.3 Å². The lowest BCUT2D eigenvalue weighted by Gasteiger charge is -2.32. The average molecular weight is 483 g/mol. The summed E-state index contributed by atoms with van der Waals surface area (Å²) in [7, 11) is 1.25. The number of benzene rings is 1. The number of hydrogen-bond acceptors (Lipinski definition) is 6. The molecule has 1 aliphatic carbocycles. The molecule has 8 nitrogen and oxygen atoms in total. The third-order valence-corrected chi connectivity index (χ3v) is 6.04. The van der Waals surface area contributed by atoms with Gasteiger partial charge in [-0.05, 0) is 61.4 Å². The molecular weight excluding hydrogens is 448 g/mol. The summed E-state index contributed by atoms with van der Waals surface area (Å²) in [5, 5.41) is 2.64. The van der Waals surface area contributed by atoms with Gasteiger partial charge in [0.25, 0.3) is 11.5 Å². The van der Waals surface area contributed by atoms with Gasteiger partial charge in [0.2, 0.25) is 0 Å². The van der Waals surface area contributed by atoms with Gasteiger partial charge >= 0.3 is 5.97 Å². The fourth-order valence-electron chi connectivity index (χ4n) is 4.47. The highest BCUT2D eigenvalue weighted by Crippen LogP contribution is 2.35. The molecule has 0 radical (unpaired) electrons. The molecule has 1 aliphatic rings. The predicted molar refractivity (Wildman–Crippen MR) is 132 cm³/mol. The number of ether oxygens (including phenoxy) is 2. The molecule has 0 saturated carbocycles. The Bertz CT molecular complexity index is 1180. The van der Waals surface area contributed by atoms with Gasteiger partial charge in [0.1, 0.15) is 17.4 Å². The molecule has 1 aromatic heterocycles. The van der Waals surface area contributed by atoms with Crippen LogP contribution in [0.4, 0.5) is 0 Å². The molecular formula is C27H34N2O6. The van der Waals surface area contributed by atoms with Crippen molar-refractivity contribution < 1.29 is 23.9 Å². The highest BCUT2D eigenvalue weighted by atomic mass is 16.5. The maximum atomic E-state index is 13.7. The number of nitrogens with zero attached hydrogens (tertiary/aromatic N) is 1.